The SMILES string of the molecule is COCCNC(=O)CNC(=O)c1cc(Cl)ncc1N. The largest absolute Gasteiger partial charge is 0.397 e. The minimum atomic E-state index is -0.483. The molecule has 104 valence electrons. The van der Waals surface area contributed by atoms with Gasteiger partial charge in [-0.1, -0.05) is 11.6 Å². The fourth-order valence-electron chi connectivity index (χ4n) is 1.25. The third-order valence-corrected chi connectivity index (χ3v) is 2.39. The number of nitrogen functional groups attached to an aromatic ring is 1. The maximum absolute atomic E-state index is 11.8. The number of ether oxygens (including phenoxy) is 1. The third kappa shape index (κ3) is 5.11. The number of aromatic nitrogens is 1. The van der Waals surface area contributed by atoms with Crippen LogP contribution in [-0.4, -0.2) is 43.6 Å². The fraction of sp³-hybridized carbons (Fsp3) is 0.364. The summed E-state index contributed by atoms with van der Waals surface area (Å²) in [5, 5.41) is 5.16. The zero-order valence-corrected chi connectivity index (χ0v) is 11.2. The van der Waals surface area contributed by atoms with Gasteiger partial charge < -0.3 is 21.1 Å². The van der Waals surface area contributed by atoms with Crippen molar-refractivity contribution in [1.82, 2.24) is 15.6 Å². The van der Waals surface area contributed by atoms with E-state index in [9.17, 15) is 9.59 Å². The van der Waals surface area contributed by atoms with E-state index >= 15 is 0 Å². The number of carbonyl (C=O) groups is 2. The monoisotopic (exact) mass is 286 g/mol. The number of anilines is 1. The minimum Gasteiger partial charge on any atom is -0.397 e. The molecule has 0 saturated carbocycles. The van der Waals surface area contributed by atoms with Crippen molar-refractivity contribution < 1.29 is 14.3 Å². The number of rotatable bonds is 6. The molecule has 1 rings (SSSR count). The highest BCUT2D eigenvalue weighted by Crippen LogP contribution is 2.14. The van der Waals surface area contributed by atoms with Crippen molar-refractivity contribution in [3.63, 3.8) is 0 Å². The van der Waals surface area contributed by atoms with Crippen LogP contribution in [0.3, 0.4) is 0 Å². The Hall–Kier alpha value is -1.86. The molecular weight excluding hydrogens is 272 g/mol. The second kappa shape index (κ2) is 7.55. The summed E-state index contributed by atoms with van der Waals surface area (Å²) in [7, 11) is 1.53. The van der Waals surface area contributed by atoms with Gasteiger partial charge >= 0.3 is 0 Å². The molecule has 0 bridgehead atoms. The fourth-order valence-corrected chi connectivity index (χ4v) is 1.41. The summed E-state index contributed by atoms with van der Waals surface area (Å²) >= 11 is 5.67. The molecule has 0 aliphatic carbocycles. The maximum Gasteiger partial charge on any atom is 0.253 e. The van der Waals surface area contributed by atoms with E-state index in [4.69, 9.17) is 22.1 Å². The second-order valence-electron chi connectivity index (χ2n) is 3.62. The number of amides is 2. The van der Waals surface area contributed by atoms with Crippen molar-refractivity contribution in [2.24, 2.45) is 0 Å². The predicted octanol–water partition coefficient (Wildman–Crippen LogP) is -0.190. The van der Waals surface area contributed by atoms with Crippen molar-refractivity contribution in [1.29, 1.82) is 0 Å². The average molecular weight is 287 g/mol. The molecule has 7 nitrogen and oxygen atoms in total. The van der Waals surface area contributed by atoms with Crippen LogP contribution in [0.15, 0.2) is 12.3 Å². The van der Waals surface area contributed by atoms with Gasteiger partial charge in [0.05, 0.1) is 30.6 Å². The van der Waals surface area contributed by atoms with E-state index in [2.05, 4.69) is 15.6 Å². The van der Waals surface area contributed by atoms with Crippen LogP contribution in [0.2, 0.25) is 5.15 Å². The smallest absolute Gasteiger partial charge is 0.253 e. The summed E-state index contributed by atoms with van der Waals surface area (Å²) in [6.07, 6.45) is 1.29. The van der Waals surface area contributed by atoms with E-state index < -0.39 is 5.91 Å². The topological polar surface area (TPSA) is 106 Å². The molecule has 1 aromatic heterocycles. The summed E-state index contributed by atoms with van der Waals surface area (Å²) < 4.78 is 4.78. The van der Waals surface area contributed by atoms with E-state index in [1.807, 2.05) is 0 Å². The molecule has 19 heavy (non-hydrogen) atoms. The molecule has 0 aliphatic heterocycles. The number of hydrogen-bond donors (Lipinski definition) is 3. The van der Waals surface area contributed by atoms with Gasteiger partial charge in [-0.2, -0.15) is 0 Å². The summed E-state index contributed by atoms with van der Waals surface area (Å²) in [5.41, 5.74) is 5.98. The number of methoxy groups -OCH3 is 1. The van der Waals surface area contributed by atoms with E-state index in [0.29, 0.717) is 13.2 Å². The van der Waals surface area contributed by atoms with Crippen molar-refractivity contribution in [3.05, 3.63) is 23.0 Å². The van der Waals surface area contributed by atoms with Gasteiger partial charge in [-0.25, -0.2) is 4.98 Å². The molecule has 8 heteroatoms. The molecule has 0 spiro atoms. The van der Waals surface area contributed by atoms with Gasteiger partial charge in [-0.15, -0.1) is 0 Å². The van der Waals surface area contributed by atoms with Crippen molar-refractivity contribution in [2.75, 3.05) is 32.5 Å². The van der Waals surface area contributed by atoms with Crippen LogP contribution in [0.4, 0.5) is 5.69 Å². The Morgan fingerprint density at radius 3 is 2.89 bits per heavy atom. The molecule has 1 heterocycles. The quantitative estimate of drug-likeness (QED) is 0.496. The van der Waals surface area contributed by atoms with Crippen LogP contribution < -0.4 is 16.4 Å². The Balaban J connectivity index is 2.47. The standard InChI is InChI=1S/C11H15ClN4O3/c1-19-3-2-14-10(17)6-16-11(18)7-4-9(12)15-5-8(7)13/h4-5H,2-3,6,13H2,1H3,(H,14,17)(H,16,18). The molecule has 4 N–H and O–H groups in total. The maximum atomic E-state index is 11.8. The van der Waals surface area contributed by atoms with Gasteiger partial charge in [-0.3, -0.25) is 9.59 Å². The first-order valence-corrected chi connectivity index (χ1v) is 5.87. The molecule has 1 aromatic rings. The summed E-state index contributed by atoms with van der Waals surface area (Å²) in [5.74, 6) is -0.798. The molecule has 0 fully saturated rings. The molecule has 0 atom stereocenters. The lowest BCUT2D eigenvalue weighted by Gasteiger charge is -2.08. The van der Waals surface area contributed by atoms with Gasteiger partial charge in [0.25, 0.3) is 5.91 Å². The number of carbonyl (C=O) groups excluding carboxylic acids is 2. The first-order chi connectivity index (χ1) is 9.04. The van der Waals surface area contributed by atoms with E-state index in [1.165, 1.54) is 19.4 Å². The van der Waals surface area contributed by atoms with Gasteiger partial charge in [0.15, 0.2) is 0 Å². The van der Waals surface area contributed by atoms with Crippen molar-refractivity contribution in [2.45, 2.75) is 0 Å². The molecule has 0 aromatic carbocycles. The van der Waals surface area contributed by atoms with Crippen LogP contribution in [-0.2, 0) is 9.53 Å². The molecular formula is C11H15ClN4O3. The van der Waals surface area contributed by atoms with Crippen LogP contribution in [0, 0.1) is 0 Å². The lowest BCUT2D eigenvalue weighted by molar-refractivity contribution is -0.120. The van der Waals surface area contributed by atoms with Crippen LogP contribution in [0.1, 0.15) is 10.4 Å². The number of hydrogen-bond acceptors (Lipinski definition) is 5. The Morgan fingerprint density at radius 2 is 2.21 bits per heavy atom. The Morgan fingerprint density at radius 1 is 1.47 bits per heavy atom. The first-order valence-electron chi connectivity index (χ1n) is 5.49. The number of nitrogens with zero attached hydrogens (tertiary/aromatic N) is 1. The third-order valence-electron chi connectivity index (χ3n) is 2.18. The molecule has 0 unspecified atom stereocenters. The zero-order chi connectivity index (χ0) is 14.3. The lowest BCUT2D eigenvalue weighted by Crippen LogP contribution is -2.38. The number of nitrogens with two attached hydrogens (primary N) is 1. The van der Waals surface area contributed by atoms with Gasteiger partial charge in [0, 0.05) is 13.7 Å². The van der Waals surface area contributed by atoms with Gasteiger partial charge in [0.1, 0.15) is 5.15 Å². The summed E-state index contributed by atoms with van der Waals surface area (Å²) in [6, 6.07) is 1.34. The number of halogens is 1. The lowest BCUT2D eigenvalue weighted by atomic mass is 10.2. The van der Waals surface area contributed by atoms with Crippen molar-refractivity contribution in [3.8, 4) is 0 Å². The summed E-state index contributed by atoms with van der Waals surface area (Å²) in [6.45, 7) is 0.642. The van der Waals surface area contributed by atoms with Crippen molar-refractivity contribution >= 4 is 29.1 Å². The van der Waals surface area contributed by atoms with E-state index in [-0.39, 0.29) is 28.9 Å². The van der Waals surface area contributed by atoms with Crippen LogP contribution in [0.25, 0.3) is 0 Å². The minimum absolute atomic E-state index is 0.151. The Bertz CT molecular complexity index is 467. The Labute approximate surface area is 115 Å². The van der Waals surface area contributed by atoms with Gasteiger partial charge in [-0.05, 0) is 6.07 Å². The van der Waals surface area contributed by atoms with E-state index in [1.54, 1.807) is 0 Å². The highest BCUT2D eigenvalue weighted by atomic mass is 35.5. The second-order valence-corrected chi connectivity index (χ2v) is 4.01. The molecule has 0 aliphatic rings. The highest BCUT2D eigenvalue weighted by molar-refractivity contribution is 6.29. The van der Waals surface area contributed by atoms with Crippen LogP contribution >= 0.6 is 11.6 Å². The van der Waals surface area contributed by atoms with E-state index in [0.717, 1.165) is 0 Å². The predicted molar refractivity (Wildman–Crippen MR) is 70.9 cm³/mol. The first kappa shape index (κ1) is 15.2. The normalized spacial score (nSPS) is 10.0. The Kier molecular flexibility index (Phi) is 6.04. The van der Waals surface area contributed by atoms with Crippen LogP contribution in [0.5, 0.6) is 0 Å². The average Bonchev–Trinajstić information content (AvgIpc) is 2.39. The zero-order valence-electron chi connectivity index (χ0n) is 10.4. The van der Waals surface area contributed by atoms with Gasteiger partial charge in [0.2, 0.25) is 5.91 Å². The summed E-state index contributed by atoms with van der Waals surface area (Å²) in [4.78, 5) is 26.9. The number of pyridine rings is 1. The molecule has 0 saturated heterocycles. The highest BCUT2D eigenvalue weighted by Gasteiger charge is 2.12. The number of nitrogens with one attached hydrogen (secondary N) is 2. The molecule has 0 radical (unpaired) electrons. The molecule has 2 amide bonds.